The van der Waals surface area contributed by atoms with Crippen LogP contribution in [0.3, 0.4) is 0 Å². The summed E-state index contributed by atoms with van der Waals surface area (Å²) in [4.78, 5) is 0.0577. The van der Waals surface area contributed by atoms with Crippen molar-refractivity contribution in [1.29, 1.82) is 0 Å². The van der Waals surface area contributed by atoms with E-state index in [-0.39, 0.29) is 28.6 Å². The Morgan fingerprint density at radius 1 is 1.00 bits per heavy atom. The minimum atomic E-state index is -3.89. The molecule has 2 aromatic rings. The Kier molecular flexibility index (Phi) is 6.81. The maximum absolute atomic E-state index is 14.0. The average molecular weight is 457 g/mol. The molecule has 0 unspecified atom stereocenters. The quantitative estimate of drug-likeness (QED) is 0.610. The van der Waals surface area contributed by atoms with Crippen molar-refractivity contribution >= 4 is 20.0 Å². The Bertz CT molecular complexity index is 1100. The standard InChI is InChI=1S/C20H25FN2O5S2/c1-3-22(15-16-6-11-20(28-2)19(21)14-16)29(24,25)17-7-9-18(10-8-17)30(26,27)23-12-4-5-13-23/h6-11,14H,3-5,12-13,15H2,1-2H3. The molecule has 1 saturated heterocycles. The van der Waals surface area contributed by atoms with Gasteiger partial charge < -0.3 is 4.74 Å². The fraction of sp³-hybridized carbons (Fsp3) is 0.400. The largest absolute Gasteiger partial charge is 0.494 e. The number of methoxy groups -OCH3 is 1. The van der Waals surface area contributed by atoms with Gasteiger partial charge in [0.1, 0.15) is 0 Å². The number of sulfonamides is 2. The maximum Gasteiger partial charge on any atom is 0.243 e. The van der Waals surface area contributed by atoms with Crippen LogP contribution in [0.4, 0.5) is 4.39 Å². The van der Waals surface area contributed by atoms with E-state index in [0.717, 1.165) is 12.8 Å². The molecule has 0 amide bonds. The minimum Gasteiger partial charge on any atom is -0.494 e. The fourth-order valence-corrected chi connectivity index (χ4v) is 6.34. The van der Waals surface area contributed by atoms with Crippen molar-refractivity contribution in [3.63, 3.8) is 0 Å². The van der Waals surface area contributed by atoms with Crippen LogP contribution < -0.4 is 4.74 Å². The summed E-state index contributed by atoms with van der Waals surface area (Å²) in [5.74, 6) is -0.487. The van der Waals surface area contributed by atoms with Crippen molar-refractivity contribution in [2.75, 3.05) is 26.7 Å². The number of hydrogen-bond acceptors (Lipinski definition) is 5. The molecule has 1 fully saturated rings. The van der Waals surface area contributed by atoms with Crippen LogP contribution in [0.5, 0.6) is 5.75 Å². The Labute approximate surface area is 177 Å². The number of nitrogens with zero attached hydrogens (tertiary/aromatic N) is 2. The lowest BCUT2D eigenvalue weighted by molar-refractivity contribution is 0.384. The highest BCUT2D eigenvalue weighted by Crippen LogP contribution is 2.25. The summed E-state index contributed by atoms with van der Waals surface area (Å²) >= 11 is 0. The number of benzene rings is 2. The first-order chi connectivity index (χ1) is 14.2. The summed E-state index contributed by atoms with van der Waals surface area (Å²) < 4.78 is 72.8. The van der Waals surface area contributed by atoms with Gasteiger partial charge in [-0.15, -0.1) is 0 Å². The summed E-state index contributed by atoms with van der Waals surface area (Å²) in [6, 6.07) is 9.53. The predicted molar refractivity (Wildman–Crippen MR) is 111 cm³/mol. The van der Waals surface area contributed by atoms with E-state index in [1.807, 2.05) is 0 Å². The SMILES string of the molecule is CCN(Cc1ccc(OC)c(F)c1)S(=O)(=O)c1ccc(S(=O)(=O)N2CCCC2)cc1. The Morgan fingerprint density at radius 3 is 2.13 bits per heavy atom. The molecule has 0 aromatic heterocycles. The molecule has 0 saturated carbocycles. The number of halogens is 1. The molecule has 1 heterocycles. The van der Waals surface area contributed by atoms with E-state index < -0.39 is 25.9 Å². The second-order valence-electron chi connectivity index (χ2n) is 6.98. The molecule has 0 bridgehead atoms. The minimum absolute atomic E-state index is 0.0151. The van der Waals surface area contributed by atoms with E-state index in [2.05, 4.69) is 0 Å². The first-order valence-corrected chi connectivity index (χ1v) is 12.5. The van der Waals surface area contributed by atoms with Crippen LogP contribution >= 0.6 is 0 Å². The Hall–Kier alpha value is -2.01. The lowest BCUT2D eigenvalue weighted by Gasteiger charge is -2.21. The summed E-state index contributed by atoms with van der Waals surface area (Å²) in [7, 11) is -6.15. The van der Waals surface area contributed by atoms with Crippen LogP contribution in [-0.4, -0.2) is 52.2 Å². The van der Waals surface area contributed by atoms with E-state index in [1.165, 1.54) is 52.1 Å². The van der Waals surface area contributed by atoms with Gasteiger partial charge >= 0.3 is 0 Å². The molecular formula is C20H25FN2O5S2. The van der Waals surface area contributed by atoms with E-state index in [1.54, 1.807) is 13.0 Å². The molecule has 0 radical (unpaired) electrons. The number of ether oxygens (including phenoxy) is 1. The predicted octanol–water partition coefficient (Wildman–Crippen LogP) is 2.83. The van der Waals surface area contributed by atoms with Gasteiger partial charge in [-0.1, -0.05) is 13.0 Å². The lowest BCUT2D eigenvalue weighted by atomic mass is 10.2. The molecule has 0 N–H and O–H groups in total. The van der Waals surface area contributed by atoms with Gasteiger partial charge in [0.15, 0.2) is 11.6 Å². The van der Waals surface area contributed by atoms with Crippen LogP contribution in [0.2, 0.25) is 0 Å². The van der Waals surface area contributed by atoms with Gasteiger partial charge in [-0.3, -0.25) is 0 Å². The highest BCUT2D eigenvalue weighted by Gasteiger charge is 2.28. The summed E-state index contributed by atoms with van der Waals surface area (Å²) in [6.45, 7) is 2.79. The molecule has 30 heavy (non-hydrogen) atoms. The average Bonchev–Trinajstić information content (AvgIpc) is 3.28. The van der Waals surface area contributed by atoms with Crippen molar-refractivity contribution in [2.24, 2.45) is 0 Å². The zero-order chi connectivity index (χ0) is 21.9. The molecule has 1 aliphatic heterocycles. The van der Waals surface area contributed by atoms with Crippen LogP contribution in [0.15, 0.2) is 52.3 Å². The first kappa shape index (κ1) is 22.7. The molecule has 2 aromatic carbocycles. The highest BCUT2D eigenvalue weighted by atomic mass is 32.2. The molecule has 3 rings (SSSR count). The van der Waals surface area contributed by atoms with Crippen LogP contribution in [0.25, 0.3) is 0 Å². The van der Waals surface area contributed by atoms with Crippen molar-refractivity contribution < 1.29 is 26.0 Å². The molecule has 0 spiro atoms. The topological polar surface area (TPSA) is 84.0 Å². The van der Waals surface area contributed by atoms with Crippen molar-refractivity contribution in [3.8, 4) is 5.75 Å². The molecule has 0 atom stereocenters. The normalized spacial score (nSPS) is 15.6. The second kappa shape index (κ2) is 9.01. The Morgan fingerprint density at radius 2 is 1.60 bits per heavy atom. The third-order valence-electron chi connectivity index (χ3n) is 5.09. The van der Waals surface area contributed by atoms with Crippen molar-refractivity contribution in [1.82, 2.24) is 8.61 Å². The zero-order valence-corrected chi connectivity index (χ0v) is 18.5. The van der Waals surface area contributed by atoms with Gasteiger partial charge in [0.25, 0.3) is 0 Å². The molecule has 7 nitrogen and oxygen atoms in total. The summed E-state index contributed by atoms with van der Waals surface area (Å²) in [5, 5.41) is 0. The third-order valence-corrected chi connectivity index (χ3v) is 8.94. The van der Waals surface area contributed by atoms with Crippen molar-refractivity contribution in [3.05, 3.63) is 53.8 Å². The zero-order valence-electron chi connectivity index (χ0n) is 16.9. The third kappa shape index (κ3) is 4.51. The Balaban J connectivity index is 1.83. The monoisotopic (exact) mass is 456 g/mol. The molecule has 0 aliphatic carbocycles. The van der Waals surface area contributed by atoms with Crippen LogP contribution in [0, 0.1) is 5.82 Å². The van der Waals surface area contributed by atoms with Gasteiger partial charge in [-0.25, -0.2) is 21.2 Å². The molecular weight excluding hydrogens is 431 g/mol. The molecule has 164 valence electrons. The molecule has 10 heteroatoms. The smallest absolute Gasteiger partial charge is 0.243 e. The number of hydrogen-bond donors (Lipinski definition) is 0. The van der Waals surface area contributed by atoms with Gasteiger partial charge in [0.05, 0.1) is 16.9 Å². The van der Waals surface area contributed by atoms with Crippen LogP contribution in [-0.2, 0) is 26.6 Å². The van der Waals surface area contributed by atoms with Gasteiger partial charge in [0.2, 0.25) is 20.0 Å². The van der Waals surface area contributed by atoms with Gasteiger partial charge in [-0.2, -0.15) is 8.61 Å². The number of rotatable bonds is 8. The summed E-state index contributed by atoms with van der Waals surface area (Å²) in [5.41, 5.74) is 0.479. The second-order valence-corrected chi connectivity index (χ2v) is 10.9. The lowest BCUT2D eigenvalue weighted by Crippen LogP contribution is -2.31. The van der Waals surface area contributed by atoms with E-state index >= 15 is 0 Å². The highest BCUT2D eigenvalue weighted by molar-refractivity contribution is 7.89. The van der Waals surface area contributed by atoms with Crippen molar-refractivity contribution in [2.45, 2.75) is 36.1 Å². The fourth-order valence-electron chi connectivity index (χ4n) is 3.39. The van der Waals surface area contributed by atoms with Gasteiger partial charge in [-0.05, 0) is 54.8 Å². The van der Waals surface area contributed by atoms with Gasteiger partial charge in [0, 0.05) is 26.2 Å². The maximum atomic E-state index is 14.0. The van der Waals surface area contributed by atoms with E-state index in [4.69, 9.17) is 4.74 Å². The molecule has 1 aliphatic rings. The summed E-state index contributed by atoms with van der Waals surface area (Å²) in [6.07, 6.45) is 1.65. The van der Waals surface area contributed by atoms with Crippen LogP contribution in [0.1, 0.15) is 25.3 Å². The first-order valence-electron chi connectivity index (χ1n) is 9.63. The van der Waals surface area contributed by atoms with E-state index in [0.29, 0.717) is 18.7 Å². The van der Waals surface area contributed by atoms with E-state index in [9.17, 15) is 21.2 Å².